The van der Waals surface area contributed by atoms with Crippen molar-refractivity contribution in [3.8, 4) is 5.75 Å². The van der Waals surface area contributed by atoms with Gasteiger partial charge in [0, 0.05) is 22.6 Å². The first-order valence-corrected chi connectivity index (χ1v) is 15.5. The first-order valence-electron chi connectivity index (χ1n) is 13.3. The van der Waals surface area contributed by atoms with E-state index in [9.17, 15) is 18.0 Å². The second-order valence-corrected chi connectivity index (χ2v) is 12.3. The molecule has 11 heteroatoms. The third kappa shape index (κ3) is 8.38. The molecule has 0 aliphatic carbocycles. The summed E-state index contributed by atoms with van der Waals surface area (Å²) in [4.78, 5) is 28.7. The van der Waals surface area contributed by atoms with Gasteiger partial charge in [-0.05, 0) is 81.3 Å². The summed E-state index contributed by atoms with van der Waals surface area (Å²) in [6.07, 6.45) is 0.317. The van der Waals surface area contributed by atoms with Crippen LogP contribution in [0.25, 0.3) is 0 Å². The molecular formula is C30H35Cl2N3O5S. The van der Waals surface area contributed by atoms with E-state index in [1.807, 2.05) is 13.8 Å². The molecule has 2 amide bonds. The van der Waals surface area contributed by atoms with Crippen LogP contribution >= 0.6 is 23.2 Å². The zero-order valence-corrected chi connectivity index (χ0v) is 25.8. The number of carbonyl (C=O) groups excluding carboxylic acids is 2. The summed E-state index contributed by atoms with van der Waals surface area (Å²) < 4.78 is 34.8. The summed E-state index contributed by atoms with van der Waals surface area (Å²) in [5.74, 6) is -0.588. The zero-order valence-electron chi connectivity index (χ0n) is 23.5. The van der Waals surface area contributed by atoms with Crippen LogP contribution in [0.5, 0.6) is 5.75 Å². The lowest BCUT2D eigenvalue weighted by atomic mass is 10.1. The molecule has 3 rings (SSSR count). The number of sulfonamides is 1. The van der Waals surface area contributed by atoms with Crippen molar-refractivity contribution in [2.75, 3.05) is 17.5 Å². The fourth-order valence-corrected chi connectivity index (χ4v) is 5.95. The van der Waals surface area contributed by atoms with Crippen molar-refractivity contribution >= 4 is 50.7 Å². The van der Waals surface area contributed by atoms with E-state index in [1.165, 1.54) is 29.2 Å². The number of amides is 2. The average Bonchev–Trinajstić information content (AvgIpc) is 2.93. The lowest BCUT2D eigenvalue weighted by Gasteiger charge is -2.34. The maximum atomic E-state index is 14.1. The van der Waals surface area contributed by atoms with Gasteiger partial charge < -0.3 is 15.0 Å². The number of halogens is 2. The normalized spacial score (nSPS) is 12.1. The van der Waals surface area contributed by atoms with Crippen LogP contribution < -0.4 is 14.4 Å². The number of carbonyl (C=O) groups is 2. The van der Waals surface area contributed by atoms with Crippen molar-refractivity contribution in [2.45, 2.75) is 57.6 Å². The molecule has 0 saturated heterocycles. The number of ether oxygens (including phenoxy) is 1. The second-order valence-electron chi connectivity index (χ2n) is 9.60. The molecule has 0 aliphatic rings. The van der Waals surface area contributed by atoms with Gasteiger partial charge in [0.2, 0.25) is 11.8 Å². The van der Waals surface area contributed by atoms with Crippen LogP contribution in [-0.4, -0.2) is 50.4 Å². The van der Waals surface area contributed by atoms with Crippen LogP contribution in [0.4, 0.5) is 5.69 Å². The number of nitrogens with one attached hydrogen (secondary N) is 1. The van der Waals surface area contributed by atoms with Gasteiger partial charge in [-0.2, -0.15) is 0 Å². The molecule has 0 saturated carbocycles. The SMILES string of the molecule is CCOc1ccccc1N(CC(=O)N(Cc1ccc(Cl)cc1)[C@H](CC)C(=O)NC(C)C)S(=O)(=O)c1ccc(Cl)cc1. The smallest absolute Gasteiger partial charge is 0.264 e. The number of anilines is 1. The largest absolute Gasteiger partial charge is 0.492 e. The summed E-state index contributed by atoms with van der Waals surface area (Å²) in [7, 11) is -4.26. The maximum absolute atomic E-state index is 14.1. The number of benzene rings is 3. The number of nitrogens with zero attached hydrogens (tertiary/aromatic N) is 2. The summed E-state index contributed by atoms with van der Waals surface area (Å²) in [6.45, 7) is 7.04. The lowest BCUT2D eigenvalue weighted by Crippen LogP contribution is -2.53. The van der Waals surface area contributed by atoms with E-state index in [0.29, 0.717) is 22.2 Å². The Hall–Kier alpha value is -3.27. The average molecular weight is 621 g/mol. The van der Waals surface area contributed by atoms with Crippen molar-refractivity contribution in [1.82, 2.24) is 10.2 Å². The Balaban J connectivity index is 2.11. The molecule has 0 fully saturated rings. The van der Waals surface area contributed by atoms with Crippen molar-refractivity contribution < 1.29 is 22.7 Å². The molecule has 0 radical (unpaired) electrons. The Morgan fingerprint density at radius 3 is 2.05 bits per heavy atom. The minimum atomic E-state index is -4.26. The van der Waals surface area contributed by atoms with Crippen molar-refractivity contribution in [2.24, 2.45) is 0 Å². The highest BCUT2D eigenvalue weighted by molar-refractivity contribution is 7.92. The van der Waals surface area contributed by atoms with Crippen LogP contribution in [-0.2, 0) is 26.2 Å². The highest BCUT2D eigenvalue weighted by Gasteiger charge is 2.34. The van der Waals surface area contributed by atoms with Gasteiger partial charge in [0.15, 0.2) is 0 Å². The molecule has 1 atom stereocenters. The van der Waals surface area contributed by atoms with E-state index in [1.54, 1.807) is 62.4 Å². The molecule has 41 heavy (non-hydrogen) atoms. The van der Waals surface area contributed by atoms with Crippen molar-refractivity contribution in [3.05, 3.63) is 88.4 Å². The minimum Gasteiger partial charge on any atom is -0.492 e. The predicted molar refractivity (Wildman–Crippen MR) is 163 cm³/mol. The lowest BCUT2D eigenvalue weighted by molar-refractivity contribution is -0.140. The highest BCUT2D eigenvalue weighted by atomic mass is 35.5. The molecule has 8 nitrogen and oxygen atoms in total. The monoisotopic (exact) mass is 619 g/mol. The molecule has 0 bridgehead atoms. The Bertz CT molecular complexity index is 1430. The van der Waals surface area contributed by atoms with Gasteiger partial charge in [0.25, 0.3) is 10.0 Å². The number of hydrogen-bond donors (Lipinski definition) is 1. The number of rotatable bonds is 13. The van der Waals surface area contributed by atoms with Crippen LogP contribution in [0.15, 0.2) is 77.7 Å². The zero-order chi connectivity index (χ0) is 30.2. The fraction of sp³-hybridized carbons (Fsp3) is 0.333. The van der Waals surface area contributed by atoms with Crippen LogP contribution in [0, 0.1) is 0 Å². The molecular weight excluding hydrogens is 585 g/mol. The van der Waals surface area contributed by atoms with E-state index in [0.717, 1.165) is 9.87 Å². The van der Waals surface area contributed by atoms with Gasteiger partial charge >= 0.3 is 0 Å². The molecule has 0 aliphatic heterocycles. The van der Waals surface area contributed by atoms with Gasteiger partial charge in [0.1, 0.15) is 18.3 Å². The minimum absolute atomic E-state index is 0.0464. The Labute approximate surface area is 252 Å². The third-order valence-electron chi connectivity index (χ3n) is 6.20. The van der Waals surface area contributed by atoms with E-state index < -0.39 is 28.5 Å². The molecule has 1 N–H and O–H groups in total. The highest BCUT2D eigenvalue weighted by Crippen LogP contribution is 2.33. The summed E-state index contributed by atoms with van der Waals surface area (Å²) in [6, 6.07) is 18.3. The van der Waals surface area contributed by atoms with E-state index in [-0.39, 0.29) is 35.7 Å². The molecule has 3 aromatic rings. The van der Waals surface area contributed by atoms with Crippen LogP contribution in [0.3, 0.4) is 0 Å². The molecule has 0 spiro atoms. The maximum Gasteiger partial charge on any atom is 0.264 e. The van der Waals surface area contributed by atoms with E-state index in [4.69, 9.17) is 27.9 Å². The van der Waals surface area contributed by atoms with E-state index >= 15 is 0 Å². The van der Waals surface area contributed by atoms with E-state index in [2.05, 4.69) is 5.32 Å². The second kappa shape index (κ2) is 14.6. The van der Waals surface area contributed by atoms with Crippen molar-refractivity contribution in [1.29, 1.82) is 0 Å². The molecule has 0 heterocycles. The number of hydrogen-bond acceptors (Lipinski definition) is 5. The Morgan fingerprint density at radius 1 is 0.902 bits per heavy atom. The van der Waals surface area contributed by atoms with Crippen molar-refractivity contribution in [3.63, 3.8) is 0 Å². The molecule has 3 aromatic carbocycles. The molecule has 0 unspecified atom stereocenters. The van der Waals surface area contributed by atoms with Crippen LogP contribution in [0.2, 0.25) is 10.0 Å². The Kier molecular flexibility index (Phi) is 11.5. The van der Waals surface area contributed by atoms with Crippen LogP contribution in [0.1, 0.15) is 39.7 Å². The summed E-state index contributed by atoms with van der Waals surface area (Å²) >= 11 is 12.1. The third-order valence-corrected chi connectivity index (χ3v) is 8.48. The predicted octanol–water partition coefficient (Wildman–Crippen LogP) is 5.92. The first kappa shape index (κ1) is 32.2. The molecule has 0 aromatic heterocycles. The first-order chi connectivity index (χ1) is 19.5. The van der Waals surface area contributed by atoms with Gasteiger partial charge in [-0.15, -0.1) is 0 Å². The van der Waals surface area contributed by atoms with Gasteiger partial charge in [0.05, 0.1) is 17.2 Å². The number of para-hydroxylation sites is 2. The Morgan fingerprint density at radius 2 is 1.49 bits per heavy atom. The topological polar surface area (TPSA) is 96.0 Å². The van der Waals surface area contributed by atoms with Gasteiger partial charge in [-0.25, -0.2) is 8.42 Å². The quantitative estimate of drug-likeness (QED) is 0.256. The van der Waals surface area contributed by atoms with Gasteiger partial charge in [-0.3, -0.25) is 13.9 Å². The summed E-state index contributed by atoms with van der Waals surface area (Å²) in [5.41, 5.74) is 0.934. The molecule has 220 valence electrons. The summed E-state index contributed by atoms with van der Waals surface area (Å²) in [5, 5.41) is 3.78. The standard InChI is InChI=1S/C30H35Cl2N3O5S/c1-5-26(30(37)33-21(3)4)34(19-22-11-13-23(31)14-12-22)29(36)20-35(27-9-7-8-10-28(27)40-6-2)41(38,39)25-17-15-24(32)16-18-25/h7-18,21,26H,5-6,19-20H2,1-4H3,(H,33,37)/t26-/m1/s1. The van der Waals surface area contributed by atoms with Gasteiger partial charge in [-0.1, -0.05) is 54.4 Å². The fourth-order valence-electron chi connectivity index (χ4n) is 4.27.